The second-order valence-corrected chi connectivity index (χ2v) is 12.9. The third kappa shape index (κ3) is 5.23. The first-order valence-corrected chi connectivity index (χ1v) is 17.0. The Balaban J connectivity index is 1.20. The van der Waals surface area contributed by atoms with Gasteiger partial charge in [0.2, 0.25) is 0 Å². The van der Waals surface area contributed by atoms with Crippen molar-refractivity contribution in [2.45, 2.75) is 38.0 Å². The number of aromatic nitrogens is 3. The molecule has 0 aliphatic heterocycles. The van der Waals surface area contributed by atoms with Crippen LogP contribution in [-0.2, 0) is 0 Å². The van der Waals surface area contributed by atoms with E-state index >= 15 is 0 Å². The molecular weight excluding hydrogens is 601 g/mol. The van der Waals surface area contributed by atoms with Crippen molar-refractivity contribution in [1.29, 1.82) is 0 Å². The lowest BCUT2D eigenvalue weighted by Gasteiger charge is -2.21. The summed E-state index contributed by atoms with van der Waals surface area (Å²) in [6, 6.07) is 43.6. The number of furan rings is 1. The average molecular weight is 633 g/mol. The summed E-state index contributed by atoms with van der Waals surface area (Å²) >= 11 is 0. The van der Waals surface area contributed by atoms with Gasteiger partial charge in [-0.2, -0.15) is 0 Å². The summed E-state index contributed by atoms with van der Waals surface area (Å²) in [5, 5.41) is 4.40. The Kier molecular flexibility index (Phi) is 7.21. The van der Waals surface area contributed by atoms with Gasteiger partial charge in [-0.05, 0) is 70.1 Å². The Bertz CT molecular complexity index is 2570. The topological polar surface area (TPSA) is 56.2 Å². The summed E-state index contributed by atoms with van der Waals surface area (Å²) in [5.74, 6) is 2.57. The van der Waals surface area contributed by atoms with Crippen LogP contribution in [0, 0.1) is 6.57 Å². The van der Waals surface area contributed by atoms with Crippen molar-refractivity contribution >= 4 is 38.4 Å². The molecule has 0 amide bonds. The van der Waals surface area contributed by atoms with Crippen LogP contribution in [0.4, 0.5) is 5.69 Å². The number of hydrogen-bond acceptors (Lipinski definition) is 4. The molecule has 1 aliphatic carbocycles. The van der Waals surface area contributed by atoms with Crippen LogP contribution in [0.15, 0.2) is 132 Å². The first-order chi connectivity index (χ1) is 24.2. The highest BCUT2D eigenvalue weighted by molar-refractivity contribution is 6.11. The zero-order valence-corrected chi connectivity index (χ0v) is 26.9. The molecular formula is C44H32N4O. The molecule has 0 saturated heterocycles. The van der Waals surface area contributed by atoms with Gasteiger partial charge in [0.1, 0.15) is 17.0 Å². The molecule has 5 heteroatoms. The summed E-state index contributed by atoms with van der Waals surface area (Å²) < 4.78 is 6.24. The Morgan fingerprint density at radius 3 is 1.94 bits per heavy atom. The number of fused-ring (bicyclic) bond motifs is 4. The molecule has 9 rings (SSSR count). The molecule has 6 aromatic carbocycles. The second-order valence-electron chi connectivity index (χ2n) is 12.9. The Morgan fingerprint density at radius 2 is 1.16 bits per heavy atom. The SMILES string of the molecule is [C-]#[N+]c1cccc(-c2ccc(-c3cccc(-c4nc(-c5cccc6oc7ccccc7c56)nc(C5CCCCC5)n4)c3)c3ccccc23)c1. The predicted octanol–water partition coefficient (Wildman–Crippen LogP) is 12.2. The Morgan fingerprint density at radius 1 is 0.531 bits per heavy atom. The van der Waals surface area contributed by atoms with E-state index in [9.17, 15) is 0 Å². The van der Waals surface area contributed by atoms with Gasteiger partial charge in [-0.15, -0.1) is 0 Å². The summed E-state index contributed by atoms with van der Waals surface area (Å²) in [7, 11) is 0. The van der Waals surface area contributed by atoms with Gasteiger partial charge < -0.3 is 4.42 Å². The molecule has 234 valence electrons. The predicted molar refractivity (Wildman–Crippen MR) is 198 cm³/mol. The van der Waals surface area contributed by atoms with Crippen LogP contribution < -0.4 is 0 Å². The number of rotatable bonds is 5. The monoisotopic (exact) mass is 632 g/mol. The van der Waals surface area contributed by atoms with Gasteiger partial charge in [-0.3, -0.25) is 0 Å². The fourth-order valence-corrected chi connectivity index (χ4v) is 7.52. The van der Waals surface area contributed by atoms with E-state index in [2.05, 4.69) is 83.7 Å². The maximum Gasteiger partial charge on any atom is 0.187 e. The van der Waals surface area contributed by atoms with Crippen LogP contribution in [0.1, 0.15) is 43.8 Å². The van der Waals surface area contributed by atoms with E-state index in [0.29, 0.717) is 23.3 Å². The molecule has 2 heterocycles. The van der Waals surface area contributed by atoms with Crippen molar-refractivity contribution in [2.24, 2.45) is 0 Å². The molecule has 49 heavy (non-hydrogen) atoms. The molecule has 1 saturated carbocycles. The van der Waals surface area contributed by atoms with Crippen LogP contribution in [0.2, 0.25) is 0 Å². The van der Waals surface area contributed by atoms with E-state index in [1.165, 1.54) is 19.3 Å². The largest absolute Gasteiger partial charge is 0.456 e. The highest BCUT2D eigenvalue weighted by Gasteiger charge is 2.23. The molecule has 5 nitrogen and oxygen atoms in total. The van der Waals surface area contributed by atoms with Gasteiger partial charge in [0, 0.05) is 27.8 Å². The lowest BCUT2D eigenvalue weighted by Crippen LogP contribution is -2.11. The second kappa shape index (κ2) is 12.2. The Hall–Kier alpha value is -6.12. The molecule has 0 radical (unpaired) electrons. The van der Waals surface area contributed by atoms with E-state index in [1.54, 1.807) is 0 Å². The molecule has 8 aromatic rings. The first-order valence-electron chi connectivity index (χ1n) is 17.0. The molecule has 1 aliphatic rings. The minimum Gasteiger partial charge on any atom is -0.456 e. The quantitative estimate of drug-likeness (QED) is 0.177. The van der Waals surface area contributed by atoms with Crippen LogP contribution in [0.25, 0.3) is 82.6 Å². The highest BCUT2D eigenvalue weighted by Crippen LogP contribution is 2.40. The third-order valence-electron chi connectivity index (χ3n) is 9.91. The van der Waals surface area contributed by atoms with E-state index in [-0.39, 0.29) is 0 Å². The lowest BCUT2D eigenvalue weighted by atomic mass is 9.88. The summed E-state index contributed by atoms with van der Waals surface area (Å²) in [4.78, 5) is 19.2. The maximum atomic E-state index is 7.50. The highest BCUT2D eigenvalue weighted by atomic mass is 16.3. The summed E-state index contributed by atoms with van der Waals surface area (Å²) in [6.45, 7) is 7.50. The van der Waals surface area contributed by atoms with Crippen LogP contribution >= 0.6 is 0 Å². The van der Waals surface area contributed by atoms with Gasteiger partial charge in [0.25, 0.3) is 0 Å². The van der Waals surface area contributed by atoms with Gasteiger partial charge in [-0.25, -0.2) is 19.8 Å². The van der Waals surface area contributed by atoms with Crippen LogP contribution in [0.5, 0.6) is 0 Å². The van der Waals surface area contributed by atoms with E-state index in [4.69, 9.17) is 25.9 Å². The van der Waals surface area contributed by atoms with Gasteiger partial charge in [-0.1, -0.05) is 122 Å². The molecule has 0 N–H and O–H groups in total. The molecule has 0 spiro atoms. The van der Waals surface area contributed by atoms with Crippen LogP contribution in [-0.4, -0.2) is 15.0 Å². The Labute approximate surface area is 284 Å². The first kappa shape index (κ1) is 29.1. The molecule has 0 atom stereocenters. The zero-order valence-electron chi connectivity index (χ0n) is 26.9. The summed E-state index contributed by atoms with van der Waals surface area (Å²) in [5.41, 5.74) is 8.64. The standard InChI is InChI=1S/C44H32N4O/c1-45-32-17-10-15-30(27-32)34-25-24-33(35-18-5-6-19-36(34)35)29-14-9-16-31(26-29)43-46-42(28-12-3-2-4-13-28)47-44(48-43)38-21-11-23-40-41(38)37-20-7-8-22-39(37)49-40/h5-11,14-28H,2-4,12-13H2. The minimum absolute atomic E-state index is 0.315. The molecule has 1 fully saturated rings. The minimum atomic E-state index is 0.315. The maximum absolute atomic E-state index is 7.50. The summed E-state index contributed by atoms with van der Waals surface area (Å²) in [6.07, 6.45) is 5.85. The van der Waals surface area contributed by atoms with Gasteiger partial charge in [0.05, 0.1) is 6.57 Å². The van der Waals surface area contributed by atoms with E-state index in [1.807, 2.05) is 48.5 Å². The number of benzene rings is 6. The normalized spacial score (nSPS) is 13.6. The van der Waals surface area contributed by atoms with E-state index in [0.717, 1.165) is 84.8 Å². The fraction of sp³-hybridized carbons (Fsp3) is 0.136. The van der Waals surface area contributed by atoms with E-state index < -0.39 is 0 Å². The molecule has 0 unspecified atom stereocenters. The number of para-hydroxylation sites is 1. The molecule has 2 aromatic heterocycles. The van der Waals surface area contributed by atoms with Crippen molar-refractivity contribution in [3.63, 3.8) is 0 Å². The molecule has 0 bridgehead atoms. The van der Waals surface area contributed by atoms with Gasteiger partial charge in [0.15, 0.2) is 17.3 Å². The van der Waals surface area contributed by atoms with Crippen molar-refractivity contribution < 1.29 is 4.42 Å². The van der Waals surface area contributed by atoms with Crippen molar-refractivity contribution in [1.82, 2.24) is 15.0 Å². The smallest absolute Gasteiger partial charge is 0.187 e. The lowest BCUT2D eigenvalue weighted by molar-refractivity contribution is 0.428. The zero-order chi connectivity index (χ0) is 32.7. The van der Waals surface area contributed by atoms with Crippen LogP contribution in [0.3, 0.4) is 0 Å². The van der Waals surface area contributed by atoms with Crippen molar-refractivity contribution in [2.75, 3.05) is 0 Å². The number of nitrogens with zero attached hydrogens (tertiary/aromatic N) is 4. The van der Waals surface area contributed by atoms with Gasteiger partial charge >= 0.3 is 0 Å². The van der Waals surface area contributed by atoms with Crippen molar-refractivity contribution in [3.8, 4) is 45.0 Å². The number of hydrogen-bond donors (Lipinski definition) is 0. The average Bonchev–Trinajstić information content (AvgIpc) is 3.57. The fourth-order valence-electron chi connectivity index (χ4n) is 7.52. The third-order valence-corrected chi connectivity index (χ3v) is 9.91. The van der Waals surface area contributed by atoms with Crippen molar-refractivity contribution in [3.05, 3.63) is 145 Å².